The molecule has 2 heterocycles. The number of pyridine rings is 1. The predicted octanol–water partition coefficient (Wildman–Crippen LogP) is 3.85. The molecule has 28 heavy (non-hydrogen) atoms. The molecular formula is C19H14ClF2N3O3. The Morgan fingerprint density at radius 1 is 1.29 bits per heavy atom. The standard InChI is InChI=1S/C19H14ClF2N3O3/c1-11(19(27)23-14-10-12(21)5-6-13(14)22)28-17(26)8-7-15-18(20)24-16-4-2-3-9-25(15)16/h2-11H,1H3,(H,23,27)/b8-7+/t11-/m0/s1. The third kappa shape index (κ3) is 4.34. The quantitative estimate of drug-likeness (QED) is 0.517. The number of hydrogen-bond acceptors (Lipinski definition) is 4. The van der Waals surface area contributed by atoms with Crippen molar-refractivity contribution in [2.75, 3.05) is 5.32 Å². The summed E-state index contributed by atoms with van der Waals surface area (Å²) >= 11 is 6.06. The predicted molar refractivity (Wildman–Crippen MR) is 99.8 cm³/mol. The Hall–Kier alpha value is -3.26. The highest BCUT2D eigenvalue weighted by atomic mass is 35.5. The van der Waals surface area contributed by atoms with Crippen molar-refractivity contribution in [2.45, 2.75) is 13.0 Å². The van der Waals surface area contributed by atoms with Gasteiger partial charge in [0.15, 0.2) is 11.3 Å². The van der Waals surface area contributed by atoms with Gasteiger partial charge in [0.05, 0.1) is 11.4 Å². The number of hydrogen-bond donors (Lipinski definition) is 1. The molecule has 1 aromatic carbocycles. The molecule has 6 nitrogen and oxygen atoms in total. The first-order valence-corrected chi connectivity index (χ1v) is 8.50. The number of amides is 1. The molecule has 0 saturated heterocycles. The number of benzene rings is 1. The summed E-state index contributed by atoms with van der Waals surface area (Å²) in [4.78, 5) is 28.2. The molecule has 0 aliphatic heterocycles. The highest BCUT2D eigenvalue weighted by Gasteiger charge is 2.18. The van der Waals surface area contributed by atoms with E-state index in [1.54, 1.807) is 28.8 Å². The molecule has 2 aromatic heterocycles. The molecule has 1 atom stereocenters. The second-order valence-corrected chi connectivity index (χ2v) is 6.10. The smallest absolute Gasteiger partial charge is 0.331 e. The summed E-state index contributed by atoms with van der Waals surface area (Å²) in [6.45, 7) is 1.31. The van der Waals surface area contributed by atoms with Crippen molar-refractivity contribution < 1.29 is 23.1 Å². The van der Waals surface area contributed by atoms with E-state index in [9.17, 15) is 18.4 Å². The number of rotatable bonds is 5. The van der Waals surface area contributed by atoms with Crippen molar-refractivity contribution in [3.63, 3.8) is 0 Å². The van der Waals surface area contributed by atoms with Crippen LogP contribution in [0.5, 0.6) is 0 Å². The van der Waals surface area contributed by atoms with Crippen LogP contribution >= 0.6 is 11.6 Å². The fraction of sp³-hybridized carbons (Fsp3) is 0.105. The van der Waals surface area contributed by atoms with Gasteiger partial charge in [-0.3, -0.25) is 9.20 Å². The van der Waals surface area contributed by atoms with Crippen LogP contribution in [0.2, 0.25) is 5.15 Å². The van der Waals surface area contributed by atoms with Gasteiger partial charge in [-0.2, -0.15) is 0 Å². The fourth-order valence-electron chi connectivity index (χ4n) is 2.38. The summed E-state index contributed by atoms with van der Waals surface area (Å²) in [6, 6.07) is 7.95. The SMILES string of the molecule is C[C@H](OC(=O)/C=C/c1c(Cl)nc2ccccn12)C(=O)Nc1cc(F)ccc1F. The maximum absolute atomic E-state index is 13.6. The summed E-state index contributed by atoms with van der Waals surface area (Å²) in [5, 5.41) is 2.37. The van der Waals surface area contributed by atoms with Crippen molar-refractivity contribution in [3.8, 4) is 0 Å². The minimum Gasteiger partial charge on any atom is -0.449 e. The van der Waals surface area contributed by atoms with E-state index in [1.165, 1.54) is 13.0 Å². The molecule has 0 unspecified atom stereocenters. The number of esters is 1. The average Bonchev–Trinajstić information content (AvgIpc) is 2.98. The molecule has 3 rings (SSSR count). The summed E-state index contributed by atoms with van der Waals surface area (Å²) in [5.41, 5.74) is 0.722. The Morgan fingerprint density at radius 2 is 2.07 bits per heavy atom. The van der Waals surface area contributed by atoms with Gasteiger partial charge in [0.2, 0.25) is 0 Å². The van der Waals surface area contributed by atoms with Crippen molar-refractivity contribution >= 4 is 40.9 Å². The Bertz CT molecular complexity index is 1080. The number of halogens is 3. The molecule has 144 valence electrons. The molecule has 3 aromatic rings. The fourth-order valence-corrected chi connectivity index (χ4v) is 2.62. The zero-order valence-electron chi connectivity index (χ0n) is 14.5. The van der Waals surface area contributed by atoms with Gasteiger partial charge in [0, 0.05) is 18.3 Å². The van der Waals surface area contributed by atoms with E-state index in [-0.39, 0.29) is 10.8 Å². The number of nitrogens with zero attached hydrogens (tertiary/aromatic N) is 2. The highest BCUT2D eigenvalue weighted by molar-refractivity contribution is 6.31. The number of aromatic nitrogens is 2. The first kappa shape index (κ1) is 19.5. The van der Waals surface area contributed by atoms with Gasteiger partial charge in [0.25, 0.3) is 5.91 Å². The highest BCUT2D eigenvalue weighted by Crippen LogP contribution is 2.19. The van der Waals surface area contributed by atoms with E-state index in [0.717, 1.165) is 24.3 Å². The summed E-state index contributed by atoms with van der Waals surface area (Å²) < 4.78 is 33.4. The van der Waals surface area contributed by atoms with Crippen LogP contribution in [0, 0.1) is 11.6 Å². The van der Waals surface area contributed by atoms with Crippen molar-refractivity contribution in [2.24, 2.45) is 0 Å². The van der Waals surface area contributed by atoms with Crippen LogP contribution < -0.4 is 5.32 Å². The van der Waals surface area contributed by atoms with E-state index in [4.69, 9.17) is 16.3 Å². The second kappa shape index (κ2) is 8.18. The summed E-state index contributed by atoms with van der Waals surface area (Å²) in [7, 11) is 0. The molecule has 0 saturated carbocycles. The first-order valence-electron chi connectivity index (χ1n) is 8.12. The number of nitrogens with one attached hydrogen (secondary N) is 1. The Labute approximate surface area is 163 Å². The molecule has 0 spiro atoms. The lowest BCUT2D eigenvalue weighted by Crippen LogP contribution is -2.29. The first-order chi connectivity index (χ1) is 13.3. The number of fused-ring (bicyclic) bond motifs is 1. The van der Waals surface area contributed by atoms with Gasteiger partial charge in [-0.15, -0.1) is 0 Å². The van der Waals surface area contributed by atoms with E-state index >= 15 is 0 Å². The zero-order chi connectivity index (χ0) is 20.3. The van der Waals surface area contributed by atoms with Crippen molar-refractivity contribution in [1.82, 2.24) is 9.38 Å². The van der Waals surface area contributed by atoms with Crippen LogP contribution in [0.15, 0.2) is 48.7 Å². The van der Waals surface area contributed by atoms with Crippen molar-refractivity contribution in [3.05, 3.63) is 71.2 Å². The van der Waals surface area contributed by atoms with Crippen LogP contribution in [0.3, 0.4) is 0 Å². The lowest BCUT2D eigenvalue weighted by molar-refractivity contribution is -0.148. The lowest BCUT2D eigenvalue weighted by Gasteiger charge is -2.12. The monoisotopic (exact) mass is 405 g/mol. The minimum atomic E-state index is -1.24. The minimum absolute atomic E-state index is 0.197. The van der Waals surface area contributed by atoms with Gasteiger partial charge in [-0.05, 0) is 37.3 Å². The topological polar surface area (TPSA) is 72.7 Å². The molecule has 0 aliphatic carbocycles. The van der Waals surface area contributed by atoms with Gasteiger partial charge < -0.3 is 10.1 Å². The third-order valence-electron chi connectivity index (χ3n) is 3.75. The van der Waals surface area contributed by atoms with Crippen LogP contribution in [-0.2, 0) is 14.3 Å². The van der Waals surface area contributed by atoms with Gasteiger partial charge in [-0.25, -0.2) is 18.6 Å². The van der Waals surface area contributed by atoms with Crippen LogP contribution in [0.4, 0.5) is 14.5 Å². The Morgan fingerprint density at radius 3 is 2.86 bits per heavy atom. The number of carbonyl (C=O) groups excluding carboxylic acids is 2. The lowest BCUT2D eigenvalue weighted by atomic mass is 10.2. The maximum Gasteiger partial charge on any atom is 0.331 e. The number of ether oxygens (including phenoxy) is 1. The van der Waals surface area contributed by atoms with Crippen LogP contribution in [-0.4, -0.2) is 27.4 Å². The largest absolute Gasteiger partial charge is 0.449 e. The third-order valence-corrected chi connectivity index (χ3v) is 4.03. The average molecular weight is 406 g/mol. The van der Waals surface area contributed by atoms with E-state index in [2.05, 4.69) is 10.3 Å². The van der Waals surface area contributed by atoms with Gasteiger partial charge in [-0.1, -0.05) is 17.7 Å². The maximum atomic E-state index is 13.6. The molecule has 0 radical (unpaired) electrons. The number of carbonyl (C=O) groups is 2. The molecule has 1 amide bonds. The molecular weight excluding hydrogens is 392 g/mol. The Kier molecular flexibility index (Phi) is 5.70. The second-order valence-electron chi connectivity index (χ2n) is 5.74. The van der Waals surface area contributed by atoms with E-state index in [1.807, 2.05) is 0 Å². The zero-order valence-corrected chi connectivity index (χ0v) is 15.3. The number of anilines is 1. The molecule has 9 heteroatoms. The molecule has 0 bridgehead atoms. The van der Waals surface area contributed by atoms with Crippen LogP contribution in [0.1, 0.15) is 12.6 Å². The molecule has 1 N–H and O–H groups in total. The van der Waals surface area contributed by atoms with E-state index in [0.29, 0.717) is 11.3 Å². The van der Waals surface area contributed by atoms with Crippen molar-refractivity contribution in [1.29, 1.82) is 0 Å². The van der Waals surface area contributed by atoms with Crippen LogP contribution in [0.25, 0.3) is 11.7 Å². The molecule has 0 aliphatic rings. The Balaban J connectivity index is 1.65. The van der Waals surface area contributed by atoms with Gasteiger partial charge >= 0.3 is 5.97 Å². The summed E-state index contributed by atoms with van der Waals surface area (Å²) in [6.07, 6.45) is 2.98. The number of imidazole rings is 1. The van der Waals surface area contributed by atoms with E-state index < -0.39 is 29.6 Å². The molecule has 0 fully saturated rings. The van der Waals surface area contributed by atoms with Gasteiger partial charge in [0.1, 0.15) is 17.3 Å². The summed E-state index contributed by atoms with van der Waals surface area (Å²) in [5.74, 6) is -3.15. The normalized spacial score (nSPS) is 12.3.